The molecule has 2 aliphatic heterocycles. The number of rotatable bonds is 4. The Morgan fingerprint density at radius 1 is 1.15 bits per heavy atom. The van der Waals surface area contributed by atoms with Crippen LogP contribution in [0, 0.1) is 5.92 Å². The van der Waals surface area contributed by atoms with Gasteiger partial charge in [-0.15, -0.1) is 0 Å². The molecular weight excluding hydrogens is 322 g/mol. The smallest absolute Gasteiger partial charge is 0.251 e. The lowest BCUT2D eigenvalue weighted by Crippen LogP contribution is -2.51. The van der Waals surface area contributed by atoms with E-state index in [-0.39, 0.29) is 5.91 Å². The molecule has 2 fully saturated rings. The number of aromatic nitrogens is 1. The Kier molecular flexibility index (Phi) is 5.03. The fourth-order valence-electron chi connectivity index (χ4n) is 4.90. The molecule has 0 aliphatic carbocycles. The largest absolute Gasteiger partial charge is 0.352 e. The number of piperidine rings is 2. The third kappa shape index (κ3) is 3.39. The summed E-state index contributed by atoms with van der Waals surface area (Å²) in [7, 11) is 0. The minimum Gasteiger partial charge on any atom is -0.352 e. The summed E-state index contributed by atoms with van der Waals surface area (Å²) >= 11 is 0. The average Bonchev–Trinajstić information content (AvgIpc) is 3.09. The van der Waals surface area contributed by atoms with Crippen LogP contribution in [0.3, 0.4) is 0 Å². The molecular formula is C22H31N3O. The van der Waals surface area contributed by atoms with Gasteiger partial charge in [0.25, 0.3) is 5.91 Å². The molecule has 1 aromatic heterocycles. The molecule has 26 heavy (non-hydrogen) atoms. The molecule has 4 rings (SSSR count). The molecule has 3 heterocycles. The highest BCUT2D eigenvalue weighted by Gasteiger charge is 2.32. The van der Waals surface area contributed by atoms with Gasteiger partial charge in [-0.05, 0) is 82.8 Å². The van der Waals surface area contributed by atoms with Gasteiger partial charge in [-0.2, -0.15) is 0 Å². The second kappa shape index (κ2) is 7.43. The van der Waals surface area contributed by atoms with Crippen LogP contribution in [-0.4, -0.2) is 41.1 Å². The zero-order valence-electron chi connectivity index (χ0n) is 16.1. The molecule has 0 radical (unpaired) electrons. The van der Waals surface area contributed by atoms with E-state index in [1.807, 2.05) is 12.1 Å². The van der Waals surface area contributed by atoms with E-state index in [9.17, 15) is 4.79 Å². The van der Waals surface area contributed by atoms with E-state index >= 15 is 0 Å². The lowest BCUT2D eigenvalue weighted by Gasteiger charge is -2.44. The monoisotopic (exact) mass is 353 g/mol. The Labute approximate surface area is 156 Å². The minimum absolute atomic E-state index is 0.0668. The highest BCUT2D eigenvalue weighted by Crippen LogP contribution is 2.30. The van der Waals surface area contributed by atoms with E-state index in [1.54, 1.807) is 0 Å². The standard InChI is InChI=1S/C22H31N3O/c1-16(2)25-13-10-17-14-18(8-9-21(17)25)22(26)23-15-19-6-5-12-24-11-4-3-7-20(19)24/h8-10,13-14,16,19-20H,3-7,11-12,15H2,1-2H3,(H,23,26). The zero-order valence-corrected chi connectivity index (χ0v) is 16.1. The first-order valence-corrected chi connectivity index (χ1v) is 10.3. The summed E-state index contributed by atoms with van der Waals surface area (Å²) in [5.74, 6) is 0.677. The van der Waals surface area contributed by atoms with Crippen LogP contribution < -0.4 is 5.32 Å². The lowest BCUT2D eigenvalue weighted by atomic mass is 9.83. The molecule has 2 atom stereocenters. The van der Waals surface area contributed by atoms with Crippen molar-refractivity contribution in [2.24, 2.45) is 5.92 Å². The van der Waals surface area contributed by atoms with E-state index in [2.05, 4.69) is 47.0 Å². The summed E-state index contributed by atoms with van der Waals surface area (Å²) in [5, 5.41) is 4.36. The Balaban J connectivity index is 1.42. The predicted octanol–water partition coefficient (Wildman–Crippen LogP) is 4.22. The molecule has 0 spiro atoms. The fourth-order valence-corrected chi connectivity index (χ4v) is 4.90. The molecule has 1 aromatic carbocycles. The molecule has 0 bridgehead atoms. The number of hydrogen-bond donors (Lipinski definition) is 1. The van der Waals surface area contributed by atoms with Crippen molar-refractivity contribution in [3.05, 3.63) is 36.0 Å². The first-order valence-electron chi connectivity index (χ1n) is 10.3. The normalized spacial score (nSPS) is 24.0. The van der Waals surface area contributed by atoms with E-state index in [4.69, 9.17) is 0 Å². The molecule has 2 unspecified atom stereocenters. The number of benzene rings is 1. The van der Waals surface area contributed by atoms with Gasteiger partial charge in [0.1, 0.15) is 0 Å². The quantitative estimate of drug-likeness (QED) is 0.894. The summed E-state index contributed by atoms with van der Waals surface area (Å²) in [4.78, 5) is 15.4. The van der Waals surface area contributed by atoms with E-state index in [1.165, 1.54) is 50.7 Å². The van der Waals surface area contributed by atoms with Crippen LogP contribution in [0.25, 0.3) is 10.9 Å². The van der Waals surface area contributed by atoms with Crippen molar-refractivity contribution in [1.29, 1.82) is 0 Å². The van der Waals surface area contributed by atoms with Crippen LogP contribution >= 0.6 is 0 Å². The van der Waals surface area contributed by atoms with Crippen molar-refractivity contribution >= 4 is 16.8 Å². The lowest BCUT2D eigenvalue weighted by molar-refractivity contribution is 0.0575. The van der Waals surface area contributed by atoms with Crippen LogP contribution in [-0.2, 0) is 0 Å². The van der Waals surface area contributed by atoms with Gasteiger partial charge in [0.2, 0.25) is 0 Å². The van der Waals surface area contributed by atoms with Gasteiger partial charge < -0.3 is 14.8 Å². The fraction of sp³-hybridized carbons (Fsp3) is 0.591. The van der Waals surface area contributed by atoms with Gasteiger partial charge in [0.15, 0.2) is 0 Å². The van der Waals surface area contributed by atoms with Crippen molar-refractivity contribution in [1.82, 2.24) is 14.8 Å². The Morgan fingerprint density at radius 2 is 2.00 bits per heavy atom. The van der Waals surface area contributed by atoms with Crippen molar-refractivity contribution in [2.75, 3.05) is 19.6 Å². The molecule has 140 valence electrons. The summed E-state index contributed by atoms with van der Waals surface area (Å²) in [5.41, 5.74) is 1.97. The molecule has 2 aromatic rings. The molecule has 0 saturated carbocycles. The number of amides is 1. The van der Waals surface area contributed by atoms with Crippen molar-refractivity contribution in [3.63, 3.8) is 0 Å². The summed E-state index contributed by atoms with van der Waals surface area (Å²) in [6, 6.07) is 9.28. The van der Waals surface area contributed by atoms with Crippen molar-refractivity contribution in [2.45, 2.75) is 58.0 Å². The minimum atomic E-state index is 0.0668. The maximum absolute atomic E-state index is 12.7. The number of carbonyl (C=O) groups is 1. The molecule has 1 N–H and O–H groups in total. The maximum Gasteiger partial charge on any atom is 0.251 e. The molecule has 2 aliphatic rings. The first kappa shape index (κ1) is 17.6. The topological polar surface area (TPSA) is 37.3 Å². The Morgan fingerprint density at radius 3 is 2.85 bits per heavy atom. The maximum atomic E-state index is 12.7. The van der Waals surface area contributed by atoms with Gasteiger partial charge in [-0.3, -0.25) is 4.79 Å². The summed E-state index contributed by atoms with van der Waals surface area (Å²) in [6.45, 7) is 7.67. The Hall–Kier alpha value is -1.81. The van der Waals surface area contributed by atoms with Crippen molar-refractivity contribution < 1.29 is 4.79 Å². The van der Waals surface area contributed by atoms with Crippen LogP contribution in [0.15, 0.2) is 30.5 Å². The molecule has 4 heteroatoms. The van der Waals surface area contributed by atoms with Gasteiger partial charge in [-0.1, -0.05) is 6.42 Å². The van der Waals surface area contributed by atoms with Gasteiger partial charge in [0.05, 0.1) is 0 Å². The summed E-state index contributed by atoms with van der Waals surface area (Å²) in [6.07, 6.45) is 8.61. The molecule has 1 amide bonds. The highest BCUT2D eigenvalue weighted by molar-refractivity contribution is 5.98. The third-order valence-electron chi connectivity index (χ3n) is 6.29. The number of carbonyl (C=O) groups excluding carboxylic acids is 1. The van der Waals surface area contributed by atoms with Crippen LogP contribution in [0.2, 0.25) is 0 Å². The van der Waals surface area contributed by atoms with Gasteiger partial charge in [-0.25, -0.2) is 0 Å². The third-order valence-corrected chi connectivity index (χ3v) is 6.29. The van der Waals surface area contributed by atoms with E-state index < -0.39 is 0 Å². The second-order valence-electron chi connectivity index (χ2n) is 8.30. The number of hydrogen-bond acceptors (Lipinski definition) is 2. The highest BCUT2D eigenvalue weighted by atomic mass is 16.1. The van der Waals surface area contributed by atoms with Gasteiger partial charge >= 0.3 is 0 Å². The molecule has 4 nitrogen and oxygen atoms in total. The number of nitrogens with zero attached hydrogens (tertiary/aromatic N) is 2. The predicted molar refractivity (Wildman–Crippen MR) is 107 cm³/mol. The zero-order chi connectivity index (χ0) is 18.1. The number of nitrogens with one attached hydrogen (secondary N) is 1. The average molecular weight is 354 g/mol. The first-order chi connectivity index (χ1) is 12.6. The van der Waals surface area contributed by atoms with Crippen LogP contribution in [0.4, 0.5) is 0 Å². The van der Waals surface area contributed by atoms with E-state index in [0.717, 1.165) is 17.5 Å². The number of fused-ring (bicyclic) bond motifs is 2. The van der Waals surface area contributed by atoms with E-state index in [0.29, 0.717) is 18.0 Å². The van der Waals surface area contributed by atoms with Crippen molar-refractivity contribution in [3.8, 4) is 0 Å². The van der Waals surface area contributed by atoms with Crippen LogP contribution in [0.1, 0.15) is 62.4 Å². The van der Waals surface area contributed by atoms with Crippen LogP contribution in [0.5, 0.6) is 0 Å². The SMILES string of the molecule is CC(C)n1ccc2cc(C(=O)NCC3CCCN4CCCCC34)ccc21. The van der Waals surface area contributed by atoms with Gasteiger partial charge in [0, 0.05) is 41.3 Å². The Bertz CT molecular complexity index is 777. The second-order valence-corrected chi connectivity index (χ2v) is 8.30. The summed E-state index contributed by atoms with van der Waals surface area (Å²) < 4.78 is 2.25. The molecule has 2 saturated heterocycles.